The summed E-state index contributed by atoms with van der Waals surface area (Å²) < 4.78 is 20.7. The molecule has 0 aliphatic rings. The van der Waals surface area contributed by atoms with Gasteiger partial charge in [0, 0.05) is 0 Å². The van der Waals surface area contributed by atoms with E-state index >= 15 is 0 Å². The van der Waals surface area contributed by atoms with Gasteiger partial charge in [0.1, 0.15) is 17.4 Å². The Kier molecular flexibility index (Phi) is 7.80. The van der Waals surface area contributed by atoms with E-state index in [2.05, 4.69) is 0 Å². The molecule has 0 heterocycles. The molecule has 2 aromatic carbocycles. The standard InChI is InChI=1S/C22H21NO6/c1-4-27-22(25)17(13-23)11-16-7-10-19(20(12-16)26-3)29-21(24)14-28-18-8-5-15(2)6-9-18/h5-12H,4,14H2,1-3H3/b17-11+. The molecule has 29 heavy (non-hydrogen) atoms. The Bertz CT molecular complexity index is 941. The van der Waals surface area contributed by atoms with Crippen LogP contribution in [-0.2, 0) is 14.3 Å². The molecule has 7 nitrogen and oxygen atoms in total. The van der Waals surface area contributed by atoms with Crippen molar-refractivity contribution < 1.29 is 28.5 Å². The Morgan fingerprint density at radius 2 is 1.83 bits per heavy atom. The van der Waals surface area contributed by atoms with E-state index in [1.54, 1.807) is 37.3 Å². The Morgan fingerprint density at radius 3 is 2.45 bits per heavy atom. The van der Waals surface area contributed by atoms with Crippen molar-refractivity contribution in [2.24, 2.45) is 0 Å². The van der Waals surface area contributed by atoms with E-state index in [9.17, 15) is 9.59 Å². The smallest absolute Gasteiger partial charge is 0.349 e. The number of nitrogens with zero attached hydrogens (tertiary/aromatic N) is 1. The van der Waals surface area contributed by atoms with Crippen LogP contribution in [0.25, 0.3) is 6.08 Å². The van der Waals surface area contributed by atoms with Crippen LogP contribution >= 0.6 is 0 Å². The van der Waals surface area contributed by atoms with Crippen LogP contribution in [0.4, 0.5) is 0 Å². The summed E-state index contributed by atoms with van der Waals surface area (Å²) in [6, 6.07) is 13.7. The quantitative estimate of drug-likeness (QED) is 0.292. The van der Waals surface area contributed by atoms with Crippen LogP contribution < -0.4 is 14.2 Å². The van der Waals surface area contributed by atoms with Crippen molar-refractivity contribution in [3.05, 3.63) is 59.2 Å². The van der Waals surface area contributed by atoms with Crippen LogP contribution in [0.1, 0.15) is 18.1 Å². The first-order valence-corrected chi connectivity index (χ1v) is 8.84. The van der Waals surface area contributed by atoms with Gasteiger partial charge in [-0.3, -0.25) is 0 Å². The summed E-state index contributed by atoms with van der Waals surface area (Å²) >= 11 is 0. The molecule has 0 aromatic heterocycles. The molecule has 0 fully saturated rings. The zero-order valence-electron chi connectivity index (χ0n) is 16.4. The number of benzene rings is 2. The number of carbonyl (C=O) groups excluding carboxylic acids is 2. The SMILES string of the molecule is CCOC(=O)/C(C#N)=C/c1ccc(OC(=O)COc2ccc(C)cc2)c(OC)c1. The summed E-state index contributed by atoms with van der Waals surface area (Å²) in [6.07, 6.45) is 1.37. The number of hydrogen-bond acceptors (Lipinski definition) is 7. The maximum Gasteiger partial charge on any atom is 0.349 e. The molecule has 0 radical (unpaired) electrons. The van der Waals surface area contributed by atoms with Crippen LogP contribution in [-0.4, -0.2) is 32.3 Å². The third kappa shape index (κ3) is 6.40. The molecular formula is C22H21NO6. The number of hydrogen-bond donors (Lipinski definition) is 0. The summed E-state index contributed by atoms with van der Waals surface area (Å²) in [6.45, 7) is 3.51. The minimum atomic E-state index is -0.710. The van der Waals surface area contributed by atoms with Gasteiger partial charge < -0.3 is 18.9 Å². The Hall–Kier alpha value is -3.79. The molecule has 0 spiro atoms. The molecule has 7 heteroatoms. The summed E-state index contributed by atoms with van der Waals surface area (Å²) in [5, 5.41) is 9.12. The van der Waals surface area contributed by atoms with E-state index in [4.69, 9.17) is 24.2 Å². The van der Waals surface area contributed by atoms with Gasteiger partial charge in [0.15, 0.2) is 18.1 Å². The van der Waals surface area contributed by atoms with Gasteiger partial charge in [-0.2, -0.15) is 5.26 Å². The number of rotatable bonds is 8. The first-order chi connectivity index (χ1) is 14.0. The molecular weight excluding hydrogens is 374 g/mol. The molecule has 2 rings (SSSR count). The van der Waals surface area contributed by atoms with Gasteiger partial charge in [-0.25, -0.2) is 9.59 Å². The molecule has 2 aromatic rings. The first-order valence-electron chi connectivity index (χ1n) is 8.84. The highest BCUT2D eigenvalue weighted by Crippen LogP contribution is 2.29. The number of esters is 2. The summed E-state index contributed by atoms with van der Waals surface area (Å²) in [5.41, 5.74) is 1.45. The maximum atomic E-state index is 12.1. The van der Waals surface area contributed by atoms with Crippen molar-refractivity contribution in [2.75, 3.05) is 20.3 Å². The Labute approximate surface area is 169 Å². The van der Waals surface area contributed by atoms with Gasteiger partial charge in [0.25, 0.3) is 0 Å². The van der Waals surface area contributed by atoms with Crippen molar-refractivity contribution >= 4 is 18.0 Å². The highest BCUT2D eigenvalue weighted by Gasteiger charge is 2.14. The zero-order chi connectivity index (χ0) is 21.2. The van der Waals surface area contributed by atoms with E-state index < -0.39 is 11.9 Å². The predicted molar refractivity (Wildman–Crippen MR) is 106 cm³/mol. The van der Waals surface area contributed by atoms with E-state index in [-0.39, 0.29) is 30.3 Å². The molecule has 0 aliphatic carbocycles. The van der Waals surface area contributed by atoms with Crippen molar-refractivity contribution in [2.45, 2.75) is 13.8 Å². The molecule has 0 saturated heterocycles. The molecule has 0 aliphatic heterocycles. The monoisotopic (exact) mass is 395 g/mol. The largest absolute Gasteiger partial charge is 0.493 e. The number of nitriles is 1. The van der Waals surface area contributed by atoms with Crippen LogP contribution in [0.5, 0.6) is 17.2 Å². The normalized spacial score (nSPS) is 10.6. The molecule has 0 N–H and O–H groups in total. The van der Waals surface area contributed by atoms with Gasteiger partial charge in [0.2, 0.25) is 0 Å². The zero-order valence-corrected chi connectivity index (χ0v) is 16.4. The highest BCUT2D eigenvalue weighted by atomic mass is 16.6. The second-order valence-electron chi connectivity index (χ2n) is 5.88. The molecule has 150 valence electrons. The molecule has 0 atom stereocenters. The molecule has 0 bridgehead atoms. The maximum absolute atomic E-state index is 12.1. The van der Waals surface area contributed by atoms with Gasteiger partial charge >= 0.3 is 11.9 Å². The van der Waals surface area contributed by atoms with Gasteiger partial charge in [-0.15, -0.1) is 0 Å². The highest BCUT2D eigenvalue weighted by molar-refractivity contribution is 5.98. The lowest BCUT2D eigenvalue weighted by Gasteiger charge is -2.11. The Balaban J connectivity index is 2.07. The van der Waals surface area contributed by atoms with Crippen LogP contribution in [0.3, 0.4) is 0 Å². The van der Waals surface area contributed by atoms with Gasteiger partial charge in [-0.1, -0.05) is 23.8 Å². The number of methoxy groups -OCH3 is 1. The van der Waals surface area contributed by atoms with Crippen LogP contribution in [0.15, 0.2) is 48.0 Å². The predicted octanol–water partition coefficient (Wildman–Crippen LogP) is 3.46. The van der Waals surface area contributed by atoms with Crippen molar-refractivity contribution in [3.63, 3.8) is 0 Å². The summed E-state index contributed by atoms with van der Waals surface area (Å²) in [5.74, 6) is -0.294. The molecule has 0 amide bonds. The first kappa shape index (κ1) is 21.5. The number of carbonyl (C=O) groups is 2. The Morgan fingerprint density at radius 1 is 1.10 bits per heavy atom. The lowest BCUT2D eigenvalue weighted by atomic mass is 10.1. The second kappa shape index (κ2) is 10.5. The average molecular weight is 395 g/mol. The van der Waals surface area contributed by atoms with E-state index in [1.165, 1.54) is 19.3 Å². The van der Waals surface area contributed by atoms with Crippen LogP contribution in [0.2, 0.25) is 0 Å². The van der Waals surface area contributed by atoms with E-state index in [0.29, 0.717) is 11.3 Å². The second-order valence-corrected chi connectivity index (χ2v) is 5.88. The van der Waals surface area contributed by atoms with E-state index in [0.717, 1.165) is 5.56 Å². The lowest BCUT2D eigenvalue weighted by Crippen LogP contribution is -2.18. The van der Waals surface area contributed by atoms with E-state index in [1.807, 2.05) is 19.1 Å². The van der Waals surface area contributed by atoms with Crippen molar-refractivity contribution in [3.8, 4) is 23.3 Å². The fourth-order valence-corrected chi connectivity index (χ4v) is 2.30. The van der Waals surface area contributed by atoms with Gasteiger partial charge in [0.05, 0.1) is 13.7 Å². The fraction of sp³-hybridized carbons (Fsp3) is 0.227. The van der Waals surface area contributed by atoms with Gasteiger partial charge in [-0.05, 0) is 49.8 Å². The third-order valence-electron chi connectivity index (χ3n) is 3.72. The molecule has 0 unspecified atom stereocenters. The summed E-state index contributed by atoms with van der Waals surface area (Å²) in [4.78, 5) is 23.8. The average Bonchev–Trinajstić information content (AvgIpc) is 2.72. The molecule has 0 saturated carbocycles. The number of aryl methyl sites for hydroxylation is 1. The minimum Gasteiger partial charge on any atom is -0.493 e. The van der Waals surface area contributed by atoms with Crippen LogP contribution in [0, 0.1) is 18.3 Å². The minimum absolute atomic E-state index is 0.148. The summed E-state index contributed by atoms with van der Waals surface area (Å²) in [7, 11) is 1.42. The topological polar surface area (TPSA) is 94.9 Å². The fourth-order valence-electron chi connectivity index (χ4n) is 2.30. The number of ether oxygens (including phenoxy) is 4. The van der Waals surface area contributed by atoms with Crippen molar-refractivity contribution in [1.82, 2.24) is 0 Å². The van der Waals surface area contributed by atoms with Crippen molar-refractivity contribution in [1.29, 1.82) is 5.26 Å². The lowest BCUT2D eigenvalue weighted by molar-refractivity contribution is -0.138. The third-order valence-corrected chi connectivity index (χ3v) is 3.72.